The minimum Gasteiger partial charge on any atom is -0.334 e. The van der Waals surface area contributed by atoms with Crippen LogP contribution < -0.4 is 5.32 Å². The zero-order valence-electron chi connectivity index (χ0n) is 20.0. The van der Waals surface area contributed by atoms with Gasteiger partial charge in [-0.05, 0) is 31.9 Å². The molecule has 2 N–H and O–H groups in total. The summed E-state index contributed by atoms with van der Waals surface area (Å²) in [5.74, 6) is -0.681. The fourth-order valence-corrected chi connectivity index (χ4v) is 4.66. The molecule has 2 aliphatic heterocycles. The molecule has 0 radical (unpaired) electrons. The molecule has 5 heterocycles. The van der Waals surface area contributed by atoms with Crippen LogP contribution in [0, 0.1) is 5.92 Å². The van der Waals surface area contributed by atoms with E-state index in [0.29, 0.717) is 36.3 Å². The monoisotopic (exact) mass is 474 g/mol. The quantitative estimate of drug-likeness (QED) is 0.432. The molecule has 1 atom stereocenters. The lowest BCUT2D eigenvalue weighted by atomic mass is 10.0. The van der Waals surface area contributed by atoms with E-state index in [9.17, 15) is 9.59 Å². The first kappa shape index (κ1) is 23.0. The number of anilines is 1. The Bertz CT molecular complexity index is 1310. The maximum absolute atomic E-state index is 12.2. The van der Waals surface area contributed by atoms with Crippen LogP contribution in [0.1, 0.15) is 25.8 Å². The number of likely N-dealkylation sites (tertiary alicyclic amines) is 2. The van der Waals surface area contributed by atoms with Crippen molar-refractivity contribution in [1.29, 1.82) is 0 Å². The van der Waals surface area contributed by atoms with Crippen LogP contribution in [0.15, 0.2) is 49.1 Å². The smallest absolute Gasteiger partial charge is 0.314 e. The van der Waals surface area contributed by atoms with E-state index in [4.69, 9.17) is 0 Å². The number of likely N-dealkylation sites (N-methyl/N-ethyl adjacent to an activating group) is 1. The third kappa shape index (κ3) is 5.02. The molecule has 1 aromatic carbocycles. The minimum atomic E-state index is -0.631. The van der Waals surface area contributed by atoms with Crippen molar-refractivity contribution >= 4 is 39.3 Å². The Labute approximate surface area is 203 Å². The molecule has 10 nitrogen and oxygen atoms in total. The fraction of sp³-hybridized carbons (Fsp3) is 0.400. The number of carbonyl (C=O) groups excluding carboxylic acids is 2. The van der Waals surface area contributed by atoms with E-state index >= 15 is 0 Å². The van der Waals surface area contributed by atoms with Crippen molar-refractivity contribution in [3.8, 4) is 0 Å². The first-order valence-electron chi connectivity index (χ1n) is 12.0. The molecule has 2 amide bonds. The summed E-state index contributed by atoms with van der Waals surface area (Å²) >= 11 is 0. The number of aromatic nitrogens is 5. The lowest BCUT2D eigenvalue weighted by molar-refractivity contribution is -0.144. The number of piperidine rings is 1. The lowest BCUT2D eigenvalue weighted by Gasteiger charge is -2.36. The predicted octanol–water partition coefficient (Wildman–Crippen LogP) is 2.68. The van der Waals surface area contributed by atoms with Gasteiger partial charge in [0.25, 0.3) is 0 Å². The molecule has 6 rings (SSSR count). The molecule has 10 heteroatoms. The third-order valence-corrected chi connectivity index (χ3v) is 6.59. The van der Waals surface area contributed by atoms with Crippen LogP contribution >= 0.6 is 0 Å². The topological polar surface area (TPSA) is 112 Å². The molecule has 3 aromatic heterocycles. The maximum atomic E-state index is 12.2. The molecule has 0 aliphatic carbocycles. The van der Waals surface area contributed by atoms with Gasteiger partial charge in [-0.1, -0.05) is 25.1 Å². The minimum absolute atomic E-state index is 0.438. The van der Waals surface area contributed by atoms with Gasteiger partial charge >= 0.3 is 11.8 Å². The highest BCUT2D eigenvalue weighted by atomic mass is 16.2. The lowest BCUT2D eigenvalue weighted by Crippen LogP contribution is -2.45. The van der Waals surface area contributed by atoms with Crippen LogP contribution in [0.4, 0.5) is 5.69 Å². The summed E-state index contributed by atoms with van der Waals surface area (Å²) in [6.07, 6.45) is 8.95. The summed E-state index contributed by atoms with van der Waals surface area (Å²) in [6, 6.07) is 8.84. The molecule has 2 aliphatic rings. The number of H-pyrrole nitrogens is 1. The molecule has 2 saturated heterocycles. The second-order valence-corrected chi connectivity index (χ2v) is 9.52. The number of amides is 2. The van der Waals surface area contributed by atoms with E-state index in [0.717, 1.165) is 36.8 Å². The fourth-order valence-electron chi connectivity index (χ4n) is 4.66. The SMILES string of the molecule is CC1CCCN(C(=O)C(=O)Nc2cncc3cn[nH]c23)C1.CN1CC(n2cc3ccccc3n2)C1. The number of rotatable bonds is 2. The molecule has 182 valence electrons. The Morgan fingerprint density at radius 1 is 1.09 bits per heavy atom. The highest BCUT2D eigenvalue weighted by Crippen LogP contribution is 2.22. The number of hydrogen-bond acceptors (Lipinski definition) is 6. The Hall–Kier alpha value is -3.79. The summed E-state index contributed by atoms with van der Waals surface area (Å²) in [5, 5.41) is 15.9. The summed E-state index contributed by atoms with van der Waals surface area (Å²) < 4.78 is 2.10. The Morgan fingerprint density at radius 2 is 1.91 bits per heavy atom. The van der Waals surface area contributed by atoms with Crippen LogP contribution in [-0.2, 0) is 9.59 Å². The van der Waals surface area contributed by atoms with Crippen molar-refractivity contribution in [3.05, 3.63) is 49.1 Å². The van der Waals surface area contributed by atoms with Crippen LogP contribution in [-0.4, -0.2) is 79.8 Å². The van der Waals surface area contributed by atoms with Gasteiger partial charge in [0.05, 0.1) is 35.2 Å². The molecule has 0 bridgehead atoms. The van der Waals surface area contributed by atoms with Crippen molar-refractivity contribution in [1.82, 2.24) is 34.8 Å². The first-order valence-corrected chi connectivity index (χ1v) is 12.0. The second kappa shape index (κ2) is 9.83. The summed E-state index contributed by atoms with van der Waals surface area (Å²) in [6.45, 7) is 5.61. The number of carbonyl (C=O) groups is 2. The van der Waals surface area contributed by atoms with Crippen LogP contribution in [0.2, 0.25) is 0 Å². The zero-order valence-corrected chi connectivity index (χ0v) is 20.0. The van der Waals surface area contributed by atoms with Gasteiger partial charge in [-0.3, -0.25) is 24.4 Å². The second-order valence-electron chi connectivity index (χ2n) is 9.52. The molecule has 35 heavy (non-hydrogen) atoms. The molecule has 4 aromatic rings. The highest BCUT2D eigenvalue weighted by molar-refractivity contribution is 6.40. The summed E-state index contributed by atoms with van der Waals surface area (Å²) in [5.41, 5.74) is 2.23. The van der Waals surface area contributed by atoms with Crippen LogP contribution in [0.3, 0.4) is 0 Å². The molecular weight excluding hydrogens is 444 g/mol. The predicted molar refractivity (Wildman–Crippen MR) is 134 cm³/mol. The largest absolute Gasteiger partial charge is 0.334 e. The van der Waals surface area contributed by atoms with E-state index in [-0.39, 0.29) is 0 Å². The molecule has 1 unspecified atom stereocenters. The molecule has 0 spiro atoms. The number of benzene rings is 1. The standard InChI is InChI=1S/C14H17N5O2.C11H13N3/c1-9-3-2-4-19(8-9)14(21)13(20)17-11-7-15-5-10-6-16-18-12(10)11;1-13-7-10(8-13)14-6-9-4-2-3-5-11(9)12-14/h5-7,9H,2-4,8H2,1H3,(H,16,18)(H,17,20);2-6,10H,7-8H2,1H3. The van der Waals surface area contributed by atoms with E-state index in [1.54, 1.807) is 17.3 Å². The highest BCUT2D eigenvalue weighted by Gasteiger charge is 2.27. The van der Waals surface area contributed by atoms with Crippen molar-refractivity contribution in [3.63, 3.8) is 0 Å². The number of nitrogens with one attached hydrogen (secondary N) is 2. The number of hydrogen-bond donors (Lipinski definition) is 2. The van der Waals surface area contributed by atoms with Gasteiger partial charge in [0.15, 0.2) is 0 Å². The Balaban J connectivity index is 0.000000156. The summed E-state index contributed by atoms with van der Waals surface area (Å²) in [7, 11) is 2.14. The van der Waals surface area contributed by atoms with Crippen LogP contribution in [0.5, 0.6) is 0 Å². The van der Waals surface area contributed by atoms with E-state index < -0.39 is 11.8 Å². The molecule has 0 saturated carbocycles. The van der Waals surface area contributed by atoms with E-state index in [2.05, 4.69) is 73.5 Å². The van der Waals surface area contributed by atoms with Crippen molar-refractivity contribution in [2.75, 3.05) is 38.5 Å². The van der Waals surface area contributed by atoms with Crippen molar-refractivity contribution < 1.29 is 9.59 Å². The van der Waals surface area contributed by atoms with Gasteiger partial charge in [0, 0.05) is 49.3 Å². The van der Waals surface area contributed by atoms with Gasteiger partial charge in [-0.15, -0.1) is 0 Å². The zero-order chi connectivity index (χ0) is 24.4. The van der Waals surface area contributed by atoms with Crippen molar-refractivity contribution in [2.24, 2.45) is 5.92 Å². The Morgan fingerprint density at radius 3 is 2.69 bits per heavy atom. The van der Waals surface area contributed by atoms with Gasteiger partial charge in [0.1, 0.15) is 0 Å². The number of aromatic amines is 1. The molecule has 2 fully saturated rings. The number of pyridine rings is 1. The van der Waals surface area contributed by atoms with Gasteiger partial charge in [0.2, 0.25) is 0 Å². The maximum Gasteiger partial charge on any atom is 0.314 e. The van der Waals surface area contributed by atoms with E-state index in [1.165, 1.54) is 11.6 Å². The van der Waals surface area contributed by atoms with Gasteiger partial charge in [-0.25, -0.2) is 0 Å². The normalized spacial score (nSPS) is 18.7. The first-order chi connectivity index (χ1) is 17.0. The van der Waals surface area contributed by atoms with Crippen LogP contribution in [0.25, 0.3) is 21.8 Å². The average molecular weight is 475 g/mol. The average Bonchev–Trinajstić information content (AvgIpc) is 3.49. The molecular formula is C25H30N8O2. The Kier molecular flexibility index (Phi) is 6.45. The third-order valence-electron chi connectivity index (χ3n) is 6.59. The van der Waals surface area contributed by atoms with E-state index in [1.807, 2.05) is 6.07 Å². The van der Waals surface area contributed by atoms with Gasteiger partial charge in [-0.2, -0.15) is 10.2 Å². The van der Waals surface area contributed by atoms with Gasteiger partial charge < -0.3 is 15.1 Å². The number of fused-ring (bicyclic) bond motifs is 2. The summed E-state index contributed by atoms with van der Waals surface area (Å²) in [4.78, 5) is 32.2. The van der Waals surface area contributed by atoms with Crippen molar-refractivity contribution in [2.45, 2.75) is 25.8 Å². The number of nitrogens with zero attached hydrogens (tertiary/aromatic N) is 6.